The average Bonchev–Trinajstić information content (AvgIpc) is 2.83. The Hall–Kier alpha value is -2.82. The van der Waals surface area contributed by atoms with Crippen molar-refractivity contribution in [2.24, 2.45) is 5.73 Å². The lowest BCUT2D eigenvalue weighted by Gasteiger charge is -2.30. The SMILES string of the molecule is C=CCCCCOc1ccc(CC=C)cc1-c1cc(CC=C)cc(CN2CCC(N)CC2)c1O. The molecule has 0 saturated carbocycles. The zero-order valence-electron chi connectivity index (χ0n) is 20.5. The maximum absolute atomic E-state index is 11.4. The first-order valence-electron chi connectivity index (χ1n) is 12.5. The van der Waals surface area contributed by atoms with E-state index >= 15 is 0 Å². The fourth-order valence-corrected chi connectivity index (χ4v) is 4.50. The number of benzene rings is 2. The minimum absolute atomic E-state index is 0.284. The van der Waals surface area contributed by atoms with Gasteiger partial charge in [0.2, 0.25) is 0 Å². The summed E-state index contributed by atoms with van der Waals surface area (Å²) in [6.07, 6.45) is 12.2. The minimum Gasteiger partial charge on any atom is -0.507 e. The summed E-state index contributed by atoms with van der Waals surface area (Å²) in [6, 6.07) is 10.7. The summed E-state index contributed by atoms with van der Waals surface area (Å²) in [6.45, 7) is 14.9. The Balaban J connectivity index is 1.97. The third-order valence-electron chi connectivity index (χ3n) is 6.43. The predicted molar refractivity (Wildman–Crippen MR) is 143 cm³/mol. The standard InChI is InChI=1S/C30H40N2O2/c1-4-7-8-9-18-34-29-13-12-23(10-5-2)20-27(29)28-21-24(11-6-3)19-25(30(28)33)22-32-16-14-26(31)15-17-32/h4-6,12-13,19-21,26,33H,1-3,7-11,14-18,22,31H2. The van der Waals surface area contributed by atoms with E-state index in [-0.39, 0.29) is 6.04 Å². The molecule has 2 aromatic rings. The number of nitrogens with two attached hydrogens (primary N) is 1. The maximum atomic E-state index is 11.4. The first kappa shape index (κ1) is 25.8. The number of allylic oxidation sites excluding steroid dienone is 3. The number of rotatable bonds is 13. The lowest BCUT2D eigenvalue weighted by Crippen LogP contribution is -2.39. The van der Waals surface area contributed by atoms with Gasteiger partial charge >= 0.3 is 0 Å². The second kappa shape index (κ2) is 13.2. The molecule has 0 unspecified atom stereocenters. The van der Waals surface area contributed by atoms with Crippen molar-refractivity contribution in [3.8, 4) is 22.6 Å². The number of aromatic hydroxyl groups is 1. The van der Waals surface area contributed by atoms with Crippen molar-refractivity contribution in [3.63, 3.8) is 0 Å². The second-order valence-corrected chi connectivity index (χ2v) is 9.21. The van der Waals surface area contributed by atoms with Crippen LogP contribution in [0.5, 0.6) is 11.5 Å². The van der Waals surface area contributed by atoms with E-state index in [1.807, 2.05) is 24.3 Å². The van der Waals surface area contributed by atoms with E-state index in [0.29, 0.717) is 18.9 Å². The van der Waals surface area contributed by atoms with E-state index in [1.54, 1.807) is 0 Å². The Kier molecular flexibility index (Phi) is 9.99. The number of nitrogens with zero attached hydrogens (tertiary/aromatic N) is 1. The van der Waals surface area contributed by atoms with E-state index in [2.05, 4.69) is 48.9 Å². The number of phenols is 1. The normalized spacial score (nSPS) is 14.6. The summed E-state index contributed by atoms with van der Waals surface area (Å²) in [7, 11) is 0. The van der Waals surface area contributed by atoms with Gasteiger partial charge in [-0.1, -0.05) is 30.4 Å². The lowest BCUT2D eigenvalue weighted by atomic mass is 9.94. The van der Waals surface area contributed by atoms with Crippen LogP contribution in [0.15, 0.2) is 68.3 Å². The van der Waals surface area contributed by atoms with Gasteiger partial charge in [-0.05, 0) is 87.4 Å². The second-order valence-electron chi connectivity index (χ2n) is 9.21. The molecular formula is C30H40N2O2. The molecule has 4 nitrogen and oxygen atoms in total. The van der Waals surface area contributed by atoms with Gasteiger partial charge in [0, 0.05) is 29.3 Å². The fraction of sp³-hybridized carbons (Fsp3) is 0.400. The highest BCUT2D eigenvalue weighted by molar-refractivity contribution is 5.78. The van der Waals surface area contributed by atoms with E-state index in [0.717, 1.165) is 91.6 Å². The topological polar surface area (TPSA) is 58.7 Å². The van der Waals surface area contributed by atoms with Gasteiger partial charge in [0.15, 0.2) is 0 Å². The minimum atomic E-state index is 0.284. The van der Waals surface area contributed by atoms with Crippen molar-refractivity contribution in [2.45, 2.75) is 57.5 Å². The molecule has 0 aromatic heterocycles. The number of phenolic OH excluding ortho intramolecular Hbond substituents is 1. The summed E-state index contributed by atoms with van der Waals surface area (Å²) >= 11 is 0. The van der Waals surface area contributed by atoms with Gasteiger partial charge in [0.05, 0.1) is 6.61 Å². The molecule has 2 aromatic carbocycles. The number of hydrogen-bond donors (Lipinski definition) is 2. The molecule has 1 heterocycles. The highest BCUT2D eigenvalue weighted by Crippen LogP contribution is 2.40. The molecule has 0 atom stereocenters. The third kappa shape index (κ3) is 7.09. The zero-order chi connectivity index (χ0) is 24.3. The fourth-order valence-electron chi connectivity index (χ4n) is 4.50. The quantitative estimate of drug-likeness (QED) is 0.277. The molecule has 0 amide bonds. The average molecular weight is 461 g/mol. The van der Waals surface area contributed by atoms with Crippen LogP contribution in [0.1, 0.15) is 48.8 Å². The number of ether oxygens (including phenoxy) is 1. The number of likely N-dealkylation sites (tertiary alicyclic amines) is 1. The monoisotopic (exact) mass is 460 g/mol. The Morgan fingerprint density at radius 2 is 1.65 bits per heavy atom. The summed E-state index contributed by atoms with van der Waals surface area (Å²) in [5.74, 6) is 1.13. The first-order valence-corrected chi connectivity index (χ1v) is 12.5. The number of hydrogen-bond acceptors (Lipinski definition) is 4. The molecule has 0 radical (unpaired) electrons. The van der Waals surface area contributed by atoms with Crippen LogP contribution in [-0.2, 0) is 19.4 Å². The smallest absolute Gasteiger partial charge is 0.128 e. The van der Waals surface area contributed by atoms with E-state index in [1.165, 1.54) is 0 Å². The molecule has 3 N–H and O–H groups in total. The van der Waals surface area contributed by atoms with Crippen molar-refractivity contribution < 1.29 is 9.84 Å². The van der Waals surface area contributed by atoms with E-state index in [4.69, 9.17) is 10.5 Å². The molecule has 4 heteroatoms. The van der Waals surface area contributed by atoms with Crippen molar-refractivity contribution in [2.75, 3.05) is 19.7 Å². The highest BCUT2D eigenvalue weighted by Gasteiger charge is 2.20. The molecular weight excluding hydrogens is 420 g/mol. The molecule has 1 fully saturated rings. The van der Waals surface area contributed by atoms with Crippen molar-refractivity contribution in [1.82, 2.24) is 4.90 Å². The Morgan fingerprint density at radius 3 is 2.35 bits per heavy atom. The molecule has 0 bridgehead atoms. The zero-order valence-corrected chi connectivity index (χ0v) is 20.5. The summed E-state index contributed by atoms with van der Waals surface area (Å²) < 4.78 is 6.21. The summed E-state index contributed by atoms with van der Waals surface area (Å²) in [5.41, 5.74) is 11.1. The molecule has 1 aliphatic heterocycles. The molecule has 3 rings (SSSR count). The summed E-state index contributed by atoms with van der Waals surface area (Å²) in [4.78, 5) is 2.38. The largest absolute Gasteiger partial charge is 0.507 e. The third-order valence-corrected chi connectivity index (χ3v) is 6.43. The van der Waals surface area contributed by atoms with Gasteiger partial charge < -0.3 is 15.6 Å². The Labute approximate surface area is 205 Å². The highest BCUT2D eigenvalue weighted by atomic mass is 16.5. The molecule has 0 spiro atoms. The molecule has 182 valence electrons. The Bertz CT molecular complexity index is 974. The van der Waals surface area contributed by atoms with Gasteiger partial charge in [-0.3, -0.25) is 4.90 Å². The first-order chi connectivity index (χ1) is 16.5. The van der Waals surface area contributed by atoms with Crippen LogP contribution in [0.2, 0.25) is 0 Å². The summed E-state index contributed by atoms with van der Waals surface area (Å²) in [5, 5.41) is 11.4. The van der Waals surface area contributed by atoms with Crippen LogP contribution < -0.4 is 10.5 Å². The van der Waals surface area contributed by atoms with Crippen LogP contribution in [-0.4, -0.2) is 35.7 Å². The molecule has 1 aliphatic rings. The lowest BCUT2D eigenvalue weighted by molar-refractivity contribution is 0.203. The molecule has 34 heavy (non-hydrogen) atoms. The van der Waals surface area contributed by atoms with E-state index in [9.17, 15) is 5.11 Å². The van der Waals surface area contributed by atoms with Crippen molar-refractivity contribution in [3.05, 3.63) is 85.0 Å². The van der Waals surface area contributed by atoms with E-state index < -0.39 is 0 Å². The number of piperidine rings is 1. The van der Waals surface area contributed by atoms with Crippen LogP contribution in [0, 0.1) is 0 Å². The van der Waals surface area contributed by atoms with Gasteiger partial charge in [-0.25, -0.2) is 0 Å². The van der Waals surface area contributed by atoms with Gasteiger partial charge in [0.25, 0.3) is 0 Å². The van der Waals surface area contributed by atoms with Crippen LogP contribution in [0.4, 0.5) is 0 Å². The van der Waals surface area contributed by atoms with Gasteiger partial charge in [-0.2, -0.15) is 0 Å². The van der Waals surface area contributed by atoms with Crippen molar-refractivity contribution >= 4 is 0 Å². The van der Waals surface area contributed by atoms with Gasteiger partial charge in [-0.15, -0.1) is 19.7 Å². The van der Waals surface area contributed by atoms with Crippen LogP contribution >= 0.6 is 0 Å². The van der Waals surface area contributed by atoms with Crippen LogP contribution in [0.25, 0.3) is 11.1 Å². The maximum Gasteiger partial charge on any atom is 0.128 e. The van der Waals surface area contributed by atoms with Crippen molar-refractivity contribution in [1.29, 1.82) is 0 Å². The predicted octanol–water partition coefficient (Wildman–Crippen LogP) is 6.17. The van der Waals surface area contributed by atoms with Gasteiger partial charge in [0.1, 0.15) is 11.5 Å². The Morgan fingerprint density at radius 1 is 0.941 bits per heavy atom. The molecule has 1 saturated heterocycles. The van der Waals surface area contributed by atoms with Crippen LogP contribution in [0.3, 0.4) is 0 Å². The number of unbranched alkanes of at least 4 members (excludes halogenated alkanes) is 2. The molecule has 0 aliphatic carbocycles.